The number of pyridine rings is 1. The highest BCUT2D eigenvalue weighted by Crippen LogP contribution is 2.26. The third-order valence-corrected chi connectivity index (χ3v) is 5.60. The molecule has 1 saturated heterocycles. The van der Waals surface area contributed by atoms with E-state index in [4.69, 9.17) is 4.42 Å². The first kappa shape index (κ1) is 17.9. The first-order chi connectivity index (χ1) is 14.0. The van der Waals surface area contributed by atoms with Gasteiger partial charge in [-0.1, -0.05) is 6.07 Å². The number of nitrogens with one attached hydrogen (secondary N) is 1. The summed E-state index contributed by atoms with van der Waals surface area (Å²) in [5.74, 6) is 0. The van der Waals surface area contributed by atoms with E-state index < -0.39 is 0 Å². The van der Waals surface area contributed by atoms with Crippen LogP contribution in [0, 0.1) is 13.8 Å². The van der Waals surface area contributed by atoms with Crippen molar-refractivity contribution in [3.63, 3.8) is 0 Å². The van der Waals surface area contributed by atoms with Crippen LogP contribution in [0.3, 0.4) is 0 Å². The van der Waals surface area contributed by atoms with E-state index in [2.05, 4.69) is 34.3 Å². The lowest BCUT2D eigenvalue weighted by molar-refractivity contribution is 0.484. The zero-order valence-electron chi connectivity index (χ0n) is 16.9. The summed E-state index contributed by atoms with van der Waals surface area (Å²) in [5.41, 5.74) is 5.54. The zero-order valence-corrected chi connectivity index (χ0v) is 16.9. The monoisotopic (exact) mass is 388 g/mol. The topological polar surface area (TPSA) is 62.8 Å². The minimum Gasteiger partial charge on any atom is -0.422 e. The fourth-order valence-corrected chi connectivity index (χ4v) is 4.22. The molecule has 0 radical (unpaired) electrons. The van der Waals surface area contributed by atoms with Crippen LogP contribution in [-0.4, -0.2) is 35.1 Å². The van der Waals surface area contributed by atoms with Gasteiger partial charge in [0.05, 0.1) is 11.3 Å². The van der Waals surface area contributed by atoms with Crippen LogP contribution in [0.25, 0.3) is 27.9 Å². The summed E-state index contributed by atoms with van der Waals surface area (Å²) in [6, 6.07) is 10.5. The molecule has 0 spiro atoms. The lowest BCUT2D eigenvalue weighted by Crippen LogP contribution is -2.49. The molecular weight excluding hydrogens is 364 g/mol. The van der Waals surface area contributed by atoms with E-state index in [1.807, 2.05) is 48.8 Å². The standard InChI is InChI=1S/C23H24N4O2/c1-14-8-15(2)22-25-20(13-27(22)11-14)19-9-17-4-5-18(10-21(17)29-23(19)28)26-7-6-24-16(3)12-26/h4-5,8-11,13,16,24H,6-7,12H2,1-3H3/t16-/m0/s1. The van der Waals surface area contributed by atoms with E-state index in [1.165, 1.54) is 0 Å². The highest BCUT2D eigenvalue weighted by atomic mass is 16.4. The van der Waals surface area contributed by atoms with Gasteiger partial charge in [0.25, 0.3) is 0 Å². The molecule has 1 atom stereocenters. The smallest absolute Gasteiger partial charge is 0.345 e. The second kappa shape index (κ2) is 6.74. The minimum absolute atomic E-state index is 0.360. The summed E-state index contributed by atoms with van der Waals surface area (Å²) in [6.07, 6.45) is 3.91. The molecule has 1 N–H and O–H groups in total. The number of hydrogen-bond acceptors (Lipinski definition) is 5. The fraction of sp³-hybridized carbons (Fsp3) is 0.304. The van der Waals surface area contributed by atoms with Crippen molar-refractivity contribution in [1.29, 1.82) is 0 Å². The highest BCUT2D eigenvalue weighted by Gasteiger charge is 2.18. The van der Waals surface area contributed by atoms with Crippen molar-refractivity contribution >= 4 is 22.3 Å². The molecule has 0 aliphatic carbocycles. The minimum atomic E-state index is -0.360. The van der Waals surface area contributed by atoms with Crippen LogP contribution in [-0.2, 0) is 0 Å². The number of piperazine rings is 1. The summed E-state index contributed by atoms with van der Waals surface area (Å²) in [4.78, 5) is 19.8. The molecule has 1 fully saturated rings. The first-order valence-corrected chi connectivity index (χ1v) is 10.0. The second-order valence-electron chi connectivity index (χ2n) is 8.03. The average molecular weight is 388 g/mol. The van der Waals surface area contributed by atoms with Gasteiger partial charge >= 0.3 is 5.63 Å². The maximum Gasteiger partial charge on any atom is 0.345 e. The van der Waals surface area contributed by atoms with Crippen LogP contribution in [0.4, 0.5) is 5.69 Å². The Morgan fingerprint density at radius 2 is 2.03 bits per heavy atom. The van der Waals surface area contributed by atoms with E-state index in [-0.39, 0.29) is 5.63 Å². The quantitative estimate of drug-likeness (QED) is 0.533. The molecule has 0 amide bonds. The number of rotatable bonds is 2. The molecule has 29 heavy (non-hydrogen) atoms. The molecule has 0 bridgehead atoms. The Kier molecular flexibility index (Phi) is 4.17. The van der Waals surface area contributed by atoms with Gasteiger partial charge in [0.2, 0.25) is 0 Å². The number of fused-ring (bicyclic) bond motifs is 2. The Bertz CT molecular complexity index is 1290. The number of hydrogen-bond donors (Lipinski definition) is 1. The van der Waals surface area contributed by atoms with E-state index in [0.717, 1.165) is 47.5 Å². The molecule has 0 unspecified atom stereocenters. The van der Waals surface area contributed by atoms with Gasteiger partial charge in [0, 0.05) is 55.2 Å². The predicted molar refractivity (Wildman–Crippen MR) is 116 cm³/mol. The first-order valence-electron chi connectivity index (χ1n) is 10.0. The molecule has 6 nitrogen and oxygen atoms in total. The zero-order chi connectivity index (χ0) is 20.1. The van der Waals surface area contributed by atoms with Crippen LogP contribution < -0.4 is 15.8 Å². The molecular formula is C23H24N4O2. The largest absolute Gasteiger partial charge is 0.422 e. The van der Waals surface area contributed by atoms with Gasteiger partial charge in [-0.3, -0.25) is 0 Å². The Balaban J connectivity index is 1.58. The van der Waals surface area contributed by atoms with Crippen LogP contribution in [0.5, 0.6) is 0 Å². The van der Waals surface area contributed by atoms with Gasteiger partial charge in [-0.15, -0.1) is 0 Å². The van der Waals surface area contributed by atoms with Crippen LogP contribution >= 0.6 is 0 Å². The molecule has 4 aromatic rings. The Hall–Kier alpha value is -3.12. The normalized spacial score (nSPS) is 17.3. The van der Waals surface area contributed by atoms with Gasteiger partial charge in [0.1, 0.15) is 11.2 Å². The lowest BCUT2D eigenvalue weighted by atomic mass is 10.1. The van der Waals surface area contributed by atoms with Crippen molar-refractivity contribution in [2.75, 3.05) is 24.5 Å². The van der Waals surface area contributed by atoms with Gasteiger partial charge in [-0.05, 0) is 50.1 Å². The molecule has 5 rings (SSSR count). The number of benzene rings is 1. The van der Waals surface area contributed by atoms with Crippen molar-refractivity contribution in [1.82, 2.24) is 14.7 Å². The average Bonchev–Trinajstić information content (AvgIpc) is 3.11. The third-order valence-electron chi connectivity index (χ3n) is 5.60. The molecule has 148 valence electrons. The maximum atomic E-state index is 12.8. The molecule has 6 heteroatoms. The van der Waals surface area contributed by atoms with E-state index in [9.17, 15) is 4.79 Å². The number of nitrogens with zero attached hydrogens (tertiary/aromatic N) is 3. The molecule has 1 aromatic carbocycles. The van der Waals surface area contributed by atoms with Crippen molar-refractivity contribution < 1.29 is 4.42 Å². The van der Waals surface area contributed by atoms with E-state index >= 15 is 0 Å². The SMILES string of the molecule is Cc1cc(C)c2nc(-c3cc4ccc(N5CCN[C@@H](C)C5)cc4oc3=O)cn2c1. The summed E-state index contributed by atoms with van der Waals surface area (Å²) < 4.78 is 7.68. The molecule has 0 saturated carbocycles. The van der Waals surface area contributed by atoms with Crippen molar-refractivity contribution in [3.05, 3.63) is 64.3 Å². The van der Waals surface area contributed by atoms with Crippen LogP contribution in [0.2, 0.25) is 0 Å². The Labute approximate surface area is 168 Å². The molecule has 3 aromatic heterocycles. The van der Waals surface area contributed by atoms with E-state index in [1.54, 1.807) is 0 Å². The highest BCUT2D eigenvalue weighted by molar-refractivity contribution is 5.84. The predicted octanol–water partition coefficient (Wildman–Crippen LogP) is 3.52. The van der Waals surface area contributed by atoms with Crippen molar-refractivity contribution in [3.8, 4) is 11.3 Å². The van der Waals surface area contributed by atoms with E-state index in [0.29, 0.717) is 22.9 Å². The van der Waals surface area contributed by atoms with Crippen LogP contribution in [0.1, 0.15) is 18.1 Å². The number of aromatic nitrogens is 2. The second-order valence-corrected chi connectivity index (χ2v) is 8.03. The fourth-order valence-electron chi connectivity index (χ4n) is 4.22. The Morgan fingerprint density at radius 3 is 2.86 bits per heavy atom. The Morgan fingerprint density at radius 1 is 1.17 bits per heavy atom. The lowest BCUT2D eigenvalue weighted by Gasteiger charge is -2.33. The number of aryl methyl sites for hydroxylation is 2. The third kappa shape index (κ3) is 3.19. The maximum absolute atomic E-state index is 12.8. The van der Waals surface area contributed by atoms with Crippen LogP contribution in [0.15, 0.2) is 51.9 Å². The van der Waals surface area contributed by atoms with Crippen molar-refractivity contribution in [2.45, 2.75) is 26.8 Å². The summed E-state index contributed by atoms with van der Waals surface area (Å²) >= 11 is 0. The molecule has 4 heterocycles. The molecule has 1 aliphatic heterocycles. The summed E-state index contributed by atoms with van der Waals surface area (Å²) in [7, 11) is 0. The molecule has 1 aliphatic rings. The summed E-state index contributed by atoms with van der Waals surface area (Å²) in [5, 5.41) is 4.35. The van der Waals surface area contributed by atoms with Gasteiger partial charge in [0.15, 0.2) is 0 Å². The van der Waals surface area contributed by atoms with Gasteiger partial charge in [-0.25, -0.2) is 9.78 Å². The van der Waals surface area contributed by atoms with Gasteiger partial charge in [-0.2, -0.15) is 0 Å². The number of anilines is 1. The van der Waals surface area contributed by atoms with Crippen molar-refractivity contribution in [2.24, 2.45) is 0 Å². The van der Waals surface area contributed by atoms with Gasteiger partial charge < -0.3 is 19.0 Å². The summed E-state index contributed by atoms with van der Waals surface area (Å²) in [6.45, 7) is 9.09. The number of imidazole rings is 1.